The quantitative estimate of drug-likeness (QED) is 0.477. The molecule has 0 saturated heterocycles. The number of hydrogen-bond donors (Lipinski definition) is 0. The summed E-state index contributed by atoms with van der Waals surface area (Å²) in [6.45, 7) is 7.89. The van der Waals surface area contributed by atoms with E-state index < -0.39 is 17.9 Å². The number of hydrogen-bond acceptors (Lipinski definition) is 6. The summed E-state index contributed by atoms with van der Waals surface area (Å²) in [7, 11) is 0. The highest BCUT2D eigenvalue weighted by Crippen LogP contribution is 2.42. The van der Waals surface area contributed by atoms with E-state index in [1.165, 1.54) is 13.0 Å². The lowest BCUT2D eigenvalue weighted by atomic mass is 10.1. The Hall–Kier alpha value is -3.41. The third-order valence-corrected chi connectivity index (χ3v) is 2.92. The first-order valence-electron chi connectivity index (χ1n) is 6.89. The van der Waals surface area contributed by atoms with Gasteiger partial charge >= 0.3 is 17.9 Å². The maximum Gasteiger partial charge on any atom is 0.335 e. The van der Waals surface area contributed by atoms with Gasteiger partial charge in [-0.05, 0) is 0 Å². The third kappa shape index (κ3) is 3.67. The first-order chi connectivity index (χ1) is 11.5. The highest BCUT2D eigenvalue weighted by Gasteiger charge is 2.19. The second-order valence-corrected chi connectivity index (χ2v) is 4.59. The fourth-order valence-corrected chi connectivity index (χ4v) is 2.00. The molecule has 0 saturated carbocycles. The van der Waals surface area contributed by atoms with Crippen molar-refractivity contribution in [3.8, 4) is 17.2 Å². The summed E-state index contributed by atoms with van der Waals surface area (Å²) in [6.07, 6.45) is 1.94. The van der Waals surface area contributed by atoms with Gasteiger partial charge in [-0.1, -0.05) is 37.4 Å². The Bertz CT molecular complexity index is 850. The van der Waals surface area contributed by atoms with Crippen LogP contribution in [-0.4, -0.2) is 17.9 Å². The normalized spacial score (nSPS) is 9.88. The average molecular weight is 326 g/mol. The average Bonchev–Trinajstić information content (AvgIpc) is 2.57. The molecule has 0 aromatic heterocycles. The van der Waals surface area contributed by atoms with Crippen LogP contribution in [0.25, 0.3) is 10.8 Å². The van der Waals surface area contributed by atoms with Crippen LogP contribution in [0, 0.1) is 0 Å². The maximum absolute atomic E-state index is 11.6. The van der Waals surface area contributed by atoms with Crippen molar-refractivity contribution in [2.45, 2.75) is 6.92 Å². The number of fused-ring (bicyclic) bond motifs is 1. The van der Waals surface area contributed by atoms with Crippen LogP contribution in [0.1, 0.15) is 6.92 Å². The molecule has 0 N–H and O–H groups in total. The number of esters is 3. The minimum atomic E-state index is -0.755. The molecule has 0 aliphatic heterocycles. The molecule has 24 heavy (non-hydrogen) atoms. The summed E-state index contributed by atoms with van der Waals surface area (Å²) in [5, 5.41) is 0.941. The van der Waals surface area contributed by atoms with Gasteiger partial charge in [0.15, 0.2) is 11.5 Å². The molecule has 6 nitrogen and oxygen atoms in total. The zero-order valence-electron chi connectivity index (χ0n) is 12.9. The Morgan fingerprint density at radius 1 is 0.875 bits per heavy atom. The van der Waals surface area contributed by atoms with Crippen molar-refractivity contribution >= 4 is 28.7 Å². The van der Waals surface area contributed by atoms with E-state index in [-0.39, 0.29) is 17.2 Å². The number of benzene rings is 2. The molecule has 0 unspecified atom stereocenters. The van der Waals surface area contributed by atoms with E-state index in [1.54, 1.807) is 24.3 Å². The molecule has 0 atom stereocenters. The SMILES string of the molecule is C=CC(=O)Oc1cc(OC(C)=O)c2ccccc2c1OC(=O)C=C. The van der Waals surface area contributed by atoms with Crippen molar-refractivity contribution in [2.75, 3.05) is 0 Å². The second kappa shape index (κ2) is 7.23. The van der Waals surface area contributed by atoms with Crippen LogP contribution in [0.3, 0.4) is 0 Å². The van der Waals surface area contributed by atoms with Crippen LogP contribution in [0.5, 0.6) is 17.2 Å². The topological polar surface area (TPSA) is 78.9 Å². The molecule has 0 spiro atoms. The van der Waals surface area contributed by atoms with Gasteiger partial charge in [-0.3, -0.25) is 4.79 Å². The fourth-order valence-electron chi connectivity index (χ4n) is 2.00. The molecule has 0 fully saturated rings. The Morgan fingerprint density at radius 3 is 2.04 bits per heavy atom. The Labute approximate surface area is 137 Å². The zero-order valence-corrected chi connectivity index (χ0v) is 12.9. The first-order valence-corrected chi connectivity index (χ1v) is 6.89. The lowest BCUT2D eigenvalue weighted by molar-refractivity contribution is -0.132. The van der Waals surface area contributed by atoms with E-state index in [2.05, 4.69) is 13.2 Å². The van der Waals surface area contributed by atoms with Crippen molar-refractivity contribution in [3.63, 3.8) is 0 Å². The predicted octanol–water partition coefficient (Wildman–Crippen LogP) is 2.95. The Kier molecular flexibility index (Phi) is 5.11. The van der Waals surface area contributed by atoms with E-state index in [0.717, 1.165) is 12.2 Å². The van der Waals surface area contributed by atoms with Crippen LogP contribution in [0.4, 0.5) is 0 Å². The molecular formula is C18H14O6. The molecule has 0 heterocycles. The van der Waals surface area contributed by atoms with Gasteiger partial charge in [-0.15, -0.1) is 0 Å². The minimum Gasteiger partial charge on any atom is -0.426 e. The van der Waals surface area contributed by atoms with Crippen molar-refractivity contribution in [2.24, 2.45) is 0 Å². The summed E-state index contributed by atoms with van der Waals surface area (Å²) in [6, 6.07) is 8.04. The summed E-state index contributed by atoms with van der Waals surface area (Å²) in [4.78, 5) is 34.5. The summed E-state index contributed by atoms with van der Waals surface area (Å²) >= 11 is 0. The maximum atomic E-state index is 11.6. The van der Waals surface area contributed by atoms with Crippen LogP contribution in [-0.2, 0) is 14.4 Å². The number of ether oxygens (including phenoxy) is 3. The largest absolute Gasteiger partial charge is 0.426 e. The van der Waals surface area contributed by atoms with Gasteiger partial charge in [0.25, 0.3) is 0 Å². The highest BCUT2D eigenvalue weighted by molar-refractivity contribution is 6.00. The molecule has 0 amide bonds. The highest BCUT2D eigenvalue weighted by atomic mass is 16.6. The third-order valence-electron chi connectivity index (χ3n) is 2.92. The summed E-state index contributed by atoms with van der Waals surface area (Å²) < 4.78 is 15.5. The molecule has 0 aliphatic carbocycles. The van der Waals surface area contributed by atoms with Crippen LogP contribution >= 0.6 is 0 Å². The molecule has 2 aromatic carbocycles. The molecular weight excluding hydrogens is 312 g/mol. The van der Waals surface area contributed by atoms with Gasteiger partial charge in [0.1, 0.15) is 5.75 Å². The van der Waals surface area contributed by atoms with Crippen LogP contribution < -0.4 is 14.2 Å². The van der Waals surface area contributed by atoms with E-state index in [9.17, 15) is 14.4 Å². The number of carbonyl (C=O) groups is 3. The zero-order chi connectivity index (χ0) is 17.7. The predicted molar refractivity (Wildman–Crippen MR) is 86.9 cm³/mol. The molecule has 2 aromatic rings. The molecule has 2 rings (SSSR count). The fraction of sp³-hybridized carbons (Fsp3) is 0.0556. The minimum absolute atomic E-state index is 0.0154. The van der Waals surface area contributed by atoms with E-state index in [0.29, 0.717) is 10.8 Å². The lowest BCUT2D eigenvalue weighted by Crippen LogP contribution is -2.10. The van der Waals surface area contributed by atoms with Crippen molar-refractivity contribution in [1.82, 2.24) is 0 Å². The van der Waals surface area contributed by atoms with Crippen LogP contribution in [0.15, 0.2) is 55.6 Å². The molecule has 0 bridgehead atoms. The van der Waals surface area contributed by atoms with Gasteiger partial charge in [-0.2, -0.15) is 0 Å². The van der Waals surface area contributed by atoms with Crippen molar-refractivity contribution in [1.29, 1.82) is 0 Å². The van der Waals surface area contributed by atoms with Gasteiger partial charge in [-0.25, -0.2) is 9.59 Å². The second-order valence-electron chi connectivity index (χ2n) is 4.59. The van der Waals surface area contributed by atoms with Gasteiger partial charge in [0, 0.05) is 35.9 Å². The number of rotatable bonds is 5. The van der Waals surface area contributed by atoms with E-state index in [1.807, 2.05) is 0 Å². The van der Waals surface area contributed by atoms with E-state index in [4.69, 9.17) is 14.2 Å². The van der Waals surface area contributed by atoms with Crippen LogP contribution in [0.2, 0.25) is 0 Å². The summed E-state index contributed by atoms with van der Waals surface area (Å²) in [5.41, 5.74) is 0. The molecule has 6 heteroatoms. The molecule has 0 aliphatic rings. The van der Waals surface area contributed by atoms with E-state index >= 15 is 0 Å². The number of carbonyl (C=O) groups excluding carboxylic acids is 3. The van der Waals surface area contributed by atoms with Gasteiger partial charge in [0.05, 0.1) is 0 Å². The van der Waals surface area contributed by atoms with Crippen molar-refractivity contribution in [3.05, 3.63) is 55.6 Å². The summed E-state index contributed by atoms with van der Waals surface area (Å²) in [5.74, 6) is -1.92. The molecule has 0 radical (unpaired) electrons. The van der Waals surface area contributed by atoms with Gasteiger partial charge in [0.2, 0.25) is 0 Å². The van der Waals surface area contributed by atoms with Gasteiger partial charge < -0.3 is 14.2 Å². The van der Waals surface area contributed by atoms with Crippen molar-refractivity contribution < 1.29 is 28.6 Å². The smallest absolute Gasteiger partial charge is 0.335 e. The standard InChI is InChI=1S/C18H14O6/c1-4-16(20)23-15-10-14(22-11(3)19)12-8-6-7-9-13(12)18(15)24-17(21)5-2/h4-10H,1-2H2,3H3. The Balaban J connectivity index is 2.72. The first kappa shape index (κ1) is 17.0. The monoisotopic (exact) mass is 326 g/mol. The molecule has 122 valence electrons. The Morgan fingerprint density at radius 2 is 1.46 bits per heavy atom. The lowest BCUT2D eigenvalue weighted by Gasteiger charge is -2.14.